The van der Waals surface area contributed by atoms with Crippen molar-refractivity contribution >= 4 is 29.1 Å². The number of carbonyl (C=O) groups is 2. The first kappa shape index (κ1) is 19.4. The zero-order valence-corrected chi connectivity index (χ0v) is 16.0. The first-order chi connectivity index (χ1) is 13.0. The maximum atomic E-state index is 12.5. The standard InChI is InChI=1S/C21H23ClN2O3/c1-27-14-2-13-23-20(26)21(11-12-21)16-5-9-18(10-6-16)24-19(25)15-3-7-17(22)8-4-15/h3-10H,2,11-14H2,1H3,(H,23,26)(H,24,25). The fourth-order valence-corrected chi connectivity index (χ4v) is 3.16. The van der Waals surface area contributed by atoms with Crippen molar-refractivity contribution in [1.82, 2.24) is 5.32 Å². The second-order valence-electron chi connectivity index (χ2n) is 6.72. The van der Waals surface area contributed by atoms with Crippen LogP contribution in [0.4, 0.5) is 5.69 Å². The molecule has 0 aromatic heterocycles. The van der Waals surface area contributed by atoms with E-state index in [2.05, 4.69) is 10.6 Å². The number of ether oxygens (including phenoxy) is 1. The van der Waals surface area contributed by atoms with Gasteiger partial charge in [-0.05, 0) is 61.2 Å². The Morgan fingerprint density at radius 2 is 1.74 bits per heavy atom. The molecule has 0 spiro atoms. The number of hydrogen-bond donors (Lipinski definition) is 2. The van der Waals surface area contributed by atoms with E-state index in [-0.39, 0.29) is 11.8 Å². The van der Waals surface area contributed by atoms with Crippen molar-refractivity contribution in [2.75, 3.05) is 25.6 Å². The summed E-state index contributed by atoms with van der Waals surface area (Å²) in [5.41, 5.74) is 1.79. The van der Waals surface area contributed by atoms with Crippen LogP contribution in [0.2, 0.25) is 5.02 Å². The van der Waals surface area contributed by atoms with Crippen LogP contribution in [0.5, 0.6) is 0 Å². The van der Waals surface area contributed by atoms with Gasteiger partial charge in [0.2, 0.25) is 5.91 Å². The summed E-state index contributed by atoms with van der Waals surface area (Å²) in [5.74, 6) is -0.131. The molecule has 0 bridgehead atoms. The zero-order chi connectivity index (χ0) is 19.3. The number of hydrogen-bond acceptors (Lipinski definition) is 3. The van der Waals surface area contributed by atoms with Crippen molar-refractivity contribution < 1.29 is 14.3 Å². The molecule has 1 fully saturated rings. The predicted octanol–water partition coefficient (Wildman–Crippen LogP) is 3.78. The Morgan fingerprint density at radius 3 is 2.33 bits per heavy atom. The smallest absolute Gasteiger partial charge is 0.255 e. The molecule has 0 heterocycles. The first-order valence-corrected chi connectivity index (χ1v) is 9.38. The van der Waals surface area contributed by atoms with Crippen molar-refractivity contribution in [1.29, 1.82) is 0 Å². The second kappa shape index (κ2) is 8.55. The molecule has 0 unspecified atom stereocenters. The third-order valence-electron chi connectivity index (χ3n) is 4.80. The topological polar surface area (TPSA) is 67.4 Å². The summed E-state index contributed by atoms with van der Waals surface area (Å²) in [7, 11) is 1.65. The number of amides is 2. The molecule has 2 aromatic carbocycles. The molecular weight excluding hydrogens is 364 g/mol. The van der Waals surface area contributed by atoms with Gasteiger partial charge in [-0.25, -0.2) is 0 Å². The summed E-state index contributed by atoms with van der Waals surface area (Å²) in [4.78, 5) is 24.8. The zero-order valence-electron chi connectivity index (χ0n) is 15.3. The van der Waals surface area contributed by atoms with E-state index >= 15 is 0 Å². The summed E-state index contributed by atoms with van der Waals surface area (Å²) < 4.78 is 5.00. The normalized spacial score (nSPS) is 14.4. The van der Waals surface area contributed by atoms with E-state index in [4.69, 9.17) is 16.3 Å². The van der Waals surface area contributed by atoms with Crippen LogP contribution >= 0.6 is 11.6 Å². The van der Waals surface area contributed by atoms with E-state index < -0.39 is 5.41 Å². The number of methoxy groups -OCH3 is 1. The van der Waals surface area contributed by atoms with E-state index in [1.807, 2.05) is 24.3 Å². The summed E-state index contributed by atoms with van der Waals surface area (Å²) >= 11 is 5.84. The highest BCUT2D eigenvalue weighted by atomic mass is 35.5. The molecule has 1 saturated carbocycles. The molecule has 27 heavy (non-hydrogen) atoms. The van der Waals surface area contributed by atoms with Crippen molar-refractivity contribution in [3.63, 3.8) is 0 Å². The Bertz CT molecular complexity index is 799. The van der Waals surface area contributed by atoms with Crippen LogP contribution in [-0.4, -0.2) is 32.1 Å². The van der Waals surface area contributed by atoms with Crippen LogP contribution in [0.15, 0.2) is 48.5 Å². The van der Waals surface area contributed by atoms with Gasteiger partial charge in [0.15, 0.2) is 0 Å². The highest BCUT2D eigenvalue weighted by Gasteiger charge is 2.50. The Labute approximate surface area is 164 Å². The third kappa shape index (κ3) is 4.67. The lowest BCUT2D eigenvalue weighted by atomic mass is 9.94. The molecule has 2 N–H and O–H groups in total. The van der Waals surface area contributed by atoms with Gasteiger partial charge < -0.3 is 15.4 Å². The highest BCUT2D eigenvalue weighted by Crippen LogP contribution is 2.48. The van der Waals surface area contributed by atoms with Crippen molar-refractivity contribution in [3.8, 4) is 0 Å². The molecule has 5 nitrogen and oxygen atoms in total. The lowest BCUT2D eigenvalue weighted by Gasteiger charge is -2.16. The van der Waals surface area contributed by atoms with Gasteiger partial charge in [0.1, 0.15) is 0 Å². The van der Waals surface area contributed by atoms with Gasteiger partial charge in [-0.2, -0.15) is 0 Å². The van der Waals surface area contributed by atoms with Gasteiger partial charge in [0, 0.05) is 36.5 Å². The molecule has 142 valence electrons. The Kier molecular flexibility index (Phi) is 6.14. The predicted molar refractivity (Wildman–Crippen MR) is 106 cm³/mol. The van der Waals surface area contributed by atoms with E-state index in [1.165, 1.54) is 0 Å². The van der Waals surface area contributed by atoms with Gasteiger partial charge in [-0.1, -0.05) is 23.7 Å². The average Bonchev–Trinajstić information content (AvgIpc) is 3.48. The number of nitrogens with one attached hydrogen (secondary N) is 2. The van der Waals surface area contributed by atoms with Gasteiger partial charge in [0.25, 0.3) is 5.91 Å². The number of anilines is 1. The SMILES string of the molecule is COCCCNC(=O)C1(c2ccc(NC(=O)c3ccc(Cl)cc3)cc2)CC1. The third-order valence-corrected chi connectivity index (χ3v) is 5.05. The van der Waals surface area contributed by atoms with Crippen LogP contribution in [0.3, 0.4) is 0 Å². The summed E-state index contributed by atoms with van der Waals surface area (Å²) in [6.45, 7) is 1.25. The molecule has 0 atom stereocenters. The molecule has 6 heteroatoms. The van der Waals surface area contributed by atoms with Crippen LogP contribution < -0.4 is 10.6 Å². The summed E-state index contributed by atoms with van der Waals surface area (Å²) in [6, 6.07) is 14.2. The van der Waals surface area contributed by atoms with E-state index in [9.17, 15) is 9.59 Å². The Balaban J connectivity index is 1.60. The highest BCUT2D eigenvalue weighted by molar-refractivity contribution is 6.30. The Morgan fingerprint density at radius 1 is 1.07 bits per heavy atom. The van der Waals surface area contributed by atoms with Crippen molar-refractivity contribution in [3.05, 3.63) is 64.7 Å². The minimum atomic E-state index is -0.425. The molecule has 0 radical (unpaired) electrons. The molecule has 2 amide bonds. The monoisotopic (exact) mass is 386 g/mol. The number of carbonyl (C=O) groups excluding carboxylic acids is 2. The maximum Gasteiger partial charge on any atom is 0.255 e. The largest absolute Gasteiger partial charge is 0.385 e. The van der Waals surface area contributed by atoms with Crippen LogP contribution in [0, 0.1) is 0 Å². The van der Waals surface area contributed by atoms with Crippen molar-refractivity contribution in [2.45, 2.75) is 24.7 Å². The lowest BCUT2D eigenvalue weighted by molar-refractivity contribution is -0.123. The molecule has 1 aliphatic rings. The van der Waals surface area contributed by atoms with Gasteiger partial charge >= 0.3 is 0 Å². The molecule has 2 aromatic rings. The number of benzene rings is 2. The molecule has 3 rings (SSSR count). The second-order valence-corrected chi connectivity index (χ2v) is 7.16. The molecule has 0 saturated heterocycles. The Hall–Kier alpha value is -2.37. The van der Waals surface area contributed by atoms with Crippen LogP contribution in [0.1, 0.15) is 35.2 Å². The minimum Gasteiger partial charge on any atom is -0.385 e. The quantitative estimate of drug-likeness (QED) is 0.678. The average molecular weight is 387 g/mol. The molecule has 1 aliphatic carbocycles. The number of halogens is 1. The van der Waals surface area contributed by atoms with Crippen LogP contribution in [0.25, 0.3) is 0 Å². The van der Waals surface area contributed by atoms with Gasteiger partial charge in [-0.15, -0.1) is 0 Å². The fraction of sp³-hybridized carbons (Fsp3) is 0.333. The van der Waals surface area contributed by atoms with E-state index in [0.717, 1.165) is 24.8 Å². The van der Waals surface area contributed by atoms with Gasteiger partial charge in [0.05, 0.1) is 5.41 Å². The maximum absolute atomic E-state index is 12.5. The molecular formula is C21H23ClN2O3. The van der Waals surface area contributed by atoms with Gasteiger partial charge in [-0.3, -0.25) is 9.59 Å². The van der Waals surface area contributed by atoms with E-state index in [0.29, 0.717) is 29.4 Å². The fourth-order valence-electron chi connectivity index (χ4n) is 3.04. The minimum absolute atomic E-state index is 0.0663. The van der Waals surface area contributed by atoms with Crippen LogP contribution in [-0.2, 0) is 14.9 Å². The summed E-state index contributed by atoms with van der Waals surface area (Å²) in [6.07, 6.45) is 2.49. The first-order valence-electron chi connectivity index (χ1n) is 9.00. The van der Waals surface area contributed by atoms with Crippen molar-refractivity contribution in [2.24, 2.45) is 0 Å². The summed E-state index contributed by atoms with van der Waals surface area (Å²) in [5, 5.41) is 6.44. The number of rotatable bonds is 8. The lowest BCUT2D eigenvalue weighted by Crippen LogP contribution is -2.35. The molecule has 0 aliphatic heterocycles. The van der Waals surface area contributed by atoms with E-state index in [1.54, 1.807) is 31.4 Å².